The quantitative estimate of drug-likeness (QED) is 0.377. The van der Waals surface area contributed by atoms with Gasteiger partial charge in [0.2, 0.25) is 0 Å². The largest absolute Gasteiger partial charge is 0.0149 e. The van der Waals surface area contributed by atoms with E-state index in [1.165, 1.54) is 0 Å². The first-order chi connectivity index (χ1) is 0. The number of hydrogen-bond donors (Lipinski definition) is 0. The van der Waals surface area contributed by atoms with Crippen molar-refractivity contribution in [2.45, 2.75) is 0 Å². The monoisotopic (exact) mass is 244 g/mol. The predicted molar refractivity (Wildman–Crippen MR) is 38.4 cm³/mol. The molecule has 0 nitrogen and oxygen atoms in total. The van der Waals surface area contributed by atoms with Crippen LogP contribution in [0, 0.1) is 0 Å². The Morgan fingerprint density at radius 1 is 1.00 bits per heavy atom. The second kappa shape index (κ2) is 16.0. The van der Waals surface area contributed by atoms with Gasteiger partial charge in [0.15, 0.2) is 17.4 Å². The van der Waals surface area contributed by atoms with E-state index in [1.807, 2.05) is 0 Å². The van der Waals surface area contributed by atoms with Gasteiger partial charge in [0.05, 0.1) is 0 Å². The van der Waals surface area contributed by atoms with Gasteiger partial charge in [0.1, 0.15) is 0 Å². The molecule has 4 heteroatoms. The Morgan fingerprint density at radius 3 is 1.00 bits per heavy atom. The summed E-state index contributed by atoms with van der Waals surface area (Å²) in [6.07, 6.45) is 0. The summed E-state index contributed by atoms with van der Waals surface area (Å²) in [6, 6.07) is 0. The van der Waals surface area contributed by atoms with Crippen molar-refractivity contribution in [3.63, 3.8) is 0 Å². The molecule has 0 aliphatic heterocycles. The molecule has 0 bridgehead atoms. The summed E-state index contributed by atoms with van der Waals surface area (Å²) in [5.74, 6) is 0. The van der Waals surface area contributed by atoms with Crippen molar-refractivity contribution < 1.29 is 0 Å². The fourth-order valence-corrected chi connectivity index (χ4v) is 0. The van der Waals surface area contributed by atoms with Gasteiger partial charge in [-0.2, -0.15) is 0 Å². The zero-order valence-electron chi connectivity index (χ0n) is 0. The molecule has 0 amide bonds. The molecule has 4 heavy (non-hydrogen) atoms. The van der Waals surface area contributed by atoms with Crippen molar-refractivity contribution in [3.8, 4) is 0 Å². The van der Waals surface area contributed by atoms with Gasteiger partial charge in [-0.05, 0) is 11.0 Å². The van der Waals surface area contributed by atoms with Gasteiger partial charge in [-0.15, -0.1) is 0 Å². The Balaban J connectivity index is 0. The average Bonchev–Trinajstić information content (AvgIpc) is 0. The number of rotatable bonds is 0. The molecule has 0 fully saturated rings. The Bertz CT molecular complexity index is 8.00. The van der Waals surface area contributed by atoms with Gasteiger partial charge in [0.25, 0.3) is 0 Å². The van der Waals surface area contributed by atoms with Crippen LogP contribution in [-0.4, -0.2) is 115 Å². The number of hydrogen-bond acceptors (Lipinski definition) is 0. The second-order valence-corrected chi connectivity index (χ2v) is 0. The maximum Gasteiger partial charge on any atom is -0.0149 e. The minimum atomic E-state index is 0. The van der Waals surface area contributed by atoms with E-state index in [9.17, 15) is 0 Å². The molecule has 22 valence electrons. The van der Waals surface area contributed by atoms with E-state index in [0.29, 0.717) is 0 Å². The van der Waals surface area contributed by atoms with Crippen LogP contribution < -0.4 is 0 Å². The molecule has 0 rings (SSSR count). The van der Waals surface area contributed by atoms with Gasteiger partial charge in [-0.3, -0.25) is 0 Å². The Hall–Kier alpha value is 3.58. The van der Waals surface area contributed by atoms with E-state index in [1.54, 1.807) is 0 Å². The van der Waals surface area contributed by atoms with Crippen LogP contribution in [0.25, 0.3) is 0 Å². The Morgan fingerprint density at radius 2 is 1.00 bits per heavy atom. The molecule has 0 aliphatic carbocycles. The van der Waals surface area contributed by atoms with Crippen LogP contribution in [0.1, 0.15) is 0 Å². The molecular formula is H11AlBaCaSi. The molecule has 0 radical (unpaired) electrons. The standard InChI is InChI=1S/Al.Ba.Ca.H4Si.7H/h;;;1H4;;;;;;;. The molecule has 0 aromatic heterocycles. The summed E-state index contributed by atoms with van der Waals surface area (Å²) in [5, 5.41) is 0. The molecule has 0 heterocycles. The topological polar surface area (TPSA) is 0 Å². The van der Waals surface area contributed by atoms with E-state index in [0.717, 1.165) is 0 Å². The van der Waals surface area contributed by atoms with Crippen LogP contribution in [0.5, 0.6) is 0 Å². The van der Waals surface area contributed by atoms with Crippen molar-refractivity contribution in [2.75, 3.05) is 0 Å². The summed E-state index contributed by atoms with van der Waals surface area (Å²) in [6.45, 7) is 0. The third-order valence-electron chi connectivity index (χ3n) is 0. The predicted octanol–water partition coefficient (Wildman–Crippen LogP) is -4.47. The zero-order chi connectivity index (χ0) is 0. The van der Waals surface area contributed by atoms with E-state index in [-0.39, 0.29) is 115 Å². The minimum absolute atomic E-state index is 0. The molecule has 0 saturated heterocycles. The van der Waals surface area contributed by atoms with Crippen molar-refractivity contribution in [1.29, 1.82) is 0 Å². The molecule has 0 saturated carbocycles. The zero-order valence-corrected chi connectivity index (χ0v) is 0. The Labute approximate surface area is 112 Å². The van der Waals surface area contributed by atoms with E-state index < -0.39 is 0 Å². The van der Waals surface area contributed by atoms with Crippen molar-refractivity contribution in [3.05, 3.63) is 0 Å². The van der Waals surface area contributed by atoms with E-state index in [4.69, 9.17) is 0 Å². The first kappa shape index (κ1) is 25.6. The first-order valence-electron chi connectivity index (χ1n) is 0. The van der Waals surface area contributed by atoms with Crippen LogP contribution in [0.3, 0.4) is 0 Å². The normalized spacial score (nSPS) is 0. The fraction of sp³-hybridized carbons (Fsp3) is 0. The summed E-state index contributed by atoms with van der Waals surface area (Å²) >= 11 is 0. The molecular weight excluding hydrogens is 232 g/mol. The van der Waals surface area contributed by atoms with Crippen LogP contribution >= 0.6 is 0 Å². The molecule has 0 aromatic rings. The van der Waals surface area contributed by atoms with Crippen molar-refractivity contribution in [1.82, 2.24) is 0 Å². The molecule has 0 aromatic carbocycles. The van der Waals surface area contributed by atoms with Gasteiger partial charge in [-0.1, -0.05) is 0 Å². The van der Waals surface area contributed by atoms with Crippen molar-refractivity contribution in [2.24, 2.45) is 0 Å². The third kappa shape index (κ3) is 9.13. The maximum atomic E-state index is 0. The van der Waals surface area contributed by atoms with Gasteiger partial charge in [-0.25, -0.2) is 0 Å². The minimum Gasteiger partial charge on any atom is -0.0149 e. The second-order valence-electron chi connectivity index (χ2n) is 0. The van der Waals surface area contributed by atoms with Gasteiger partial charge < -0.3 is 0 Å². The van der Waals surface area contributed by atoms with Gasteiger partial charge in [0, 0.05) is 0 Å². The summed E-state index contributed by atoms with van der Waals surface area (Å²) in [5.41, 5.74) is 0. The van der Waals surface area contributed by atoms with Crippen LogP contribution in [-0.2, 0) is 0 Å². The van der Waals surface area contributed by atoms with Crippen LogP contribution in [0.2, 0.25) is 0 Å². The SMILES string of the molecule is [AlH3].[BaH2].[CaH2].[SiH4]. The smallest absolute Gasteiger partial charge is 0.0149 e. The maximum absolute atomic E-state index is 0. The molecule has 0 N–H and O–H groups in total. The van der Waals surface area contributed by atoms with Crippen molar-refractivity contribution >= 4 is 115 Å². The molecule has 0 atom stereocenters. The molecule has 0 spiro atoms. The van der Waals surface area contributed by atoms with Crippen LogP contribution in [0.15, 0.2) is 0 Å². The molecule has 0 unspecified atom stereocenters. The Kier molecular flexibility index (Phi) is 102. The summed E-state index contributed by atoms with van der Waals surface area (Å²) < 4.78 is 0. The van der Waals surface area contributed by atoms with Crippen LogP contribution in [0.4, 0.5) is 0 Å². The molecule has 0 aliphatic rings. The fourth-order valence-electron chi connectivity index (χ4n) is 0. The van der Waals surface area contributed by atoms with E-state index >= 15 is 0 Å². The first-order valence-corrected chi connectivity index (χ1v) is 0. The summed E-state index contributed by atoms with van der Waals surface area (Å²) in [4.78, 5) is 0. The third-order valence-corrected chi connectivity index (χ3v) is 0. The summed E-state index contributed by atoms with van der Waals surface area (Å²) in [7, 11) is 0. The van der Waals surface area contributed by atoms with E-state index in [2.05, 4.69) is 0 Å². The average molecular weight is 244 g/mol. The van der Waals surface area contributed by atoms with Gasteiger partial charge >= 0.3 is 86.6 Å².